The molecule has 0 radical (unpaired) electrons. The van der Waals surface area contributed by atoms with E-state index in [-0.39, 0.29) is 5.54 Å². The Morgan fingerprint density at radius 2 is 2.00 bits per heavy atom. The summed E-state index contributed by atoms with van der Waals surface area (Å²) in [7, 11) is 1.73. The van der Waals surface area contributed by atoms with Crippen molar-refractivity contribution >= 4 is 5.69 Å². The molecule has 1 heterocycles. The molecule has 0 aromatic heterocycles. The largest absolute Gasteiger partial charge is 0.497 e. The maximum Gasteiger partial charge on any atom is 0.120 e. The minimum absolute atomic E-state index is 0.137. The number of nitrogens with zero attached hydrogens (tertiary/aromatic N) is 1. The van der Waals surface area contributed by atoms with Crippen LogP contribution in [0.15, 0.2) is 24.3 Å². The third-order valence-corrected chi connectivity index (χ3v) is 4.60. The molecule has 2 fully saturated rings. The van der Waals surface area contributed by atoms with Gasteiger partial charge in [-0.2, -0.15) is 0 Å². The first-order valence-electron chi connectivity index (χ1n) is 7.17. The van der Waals surface area contributed by atoms with Crippen LogP contribution in [0.3, 0.4) is 0 Å². The third kappa shape index (κ3) is 2.44. The van der Waals surface area contributed by atoms with Crippen molar-refractivity contribution in [3.05, 3.63) is 24.3 Å². The Hall–Kier alpha value is -1.22. The maximum atomic E-state index is 5.37. The second-order valence-electron chi connectivity index (χ2n) is 6.70. The zero-order valence-corrected chi connectivity index (χ0v) is 12.2. The van der Waals surface area contributed by atoms with Gasteiger partial charge in [-0.25, -0.2) is 0 Å². The molecule has 3 rings (SSSR count). The van der Waals surface area contributed by atoms with Gasteiger partial charge in [0.25, 0.3) is 0 Å². The maximum absolute atomic E-state index is 5.37. The zero-order valence-electron chi connectivity index (χ0n) is 12.2. The van der Waals surface area contributed by atoms with E-state index in [1.165, 1.54) is 18.5 Å². The van der Waals surface area contributed by atoms with Crippen molar-refractivity contribution in [1.29, 1.82) is 0 Å². The van der Waals surface area contributed by atoms with Gasteiger partial charge in [0.2, 0.25) is 0 Å². The van der Waals surface area contributed by atoms with Gasteiger partial charge in [0.15, 0.2) is 0 Å². The van der Waals surface area contributed by atoms with Crippen LogP contribution in [0.2, 0.25) is 0 Å². The van der Waals surface area contributed by atoms with Crippen molar-refractivity contribution in [3.63, 3.8) is 0 Å². The highest BCUT2D eigenvalue weighted by molar-refractivity contribution is 5.53. The Bertz CT molecular complexity index is 466. The standard InChI is InChI=1S/C16H24N2O/c1-15(2)10-17-11-16(7-8-16)12-18(15)13-5-4-6-14(9-13)19-3/h4-6,9,17H,7-8,10-12H2,1-3H3. The van der Waals surface area contributed by atoms with Crippen LogP contribution in [0.4, 0.5) is 5.69 Å². The van der Waals surface area contributed by atoms with E-state index in [4.69, 9.17) is 4.74 Å². The highest BCUT2D eigenvalue weighted by Crippen LogP contribution is 2.48. The number of benzene rings is 1. The van der Waals surface area contributed by atoms with E-state index in [9.17, 15) is 0 Å². The SMILES string of the molecule is COc1cccc(N2CC3(CC3)CNCC2(C)C)c1. The molecule has 1 aliphatic carbocycles. The monoisotopic (exact) mass is 260 g/mol. The predicted octanol–water partition coefficient (Wildman–Crippen LogP) is 2.66. The first-order chi connectivity index (χ1) is 9.05. The van der Waals surface area contributed by atoms with Gasteiger partial charge in [-0.1, -0.05) is 6.07 Å². The fourth-order valence-corrected chi connectivity index (χ4v) is 3.07. The van der Waals surface area contributed by atoms with Crippen LogP contribution in [0.5, 0.6) is 5.75 Å². The molecule has 1 aromatic carbocycles. The summed E-state index contributed by atoms with van der Waals surface area (Å²) in [5.41, 5.74) is 1.93. The molecule has 0 atom stereocenters. The summed E-state index contributed by atoms with van der Waals surface area (Å²) in [6.45, 7) is 7.99. The van der Waals surface area contributed by atoms with Gasteiger partial charge in [-0.05, 0) is 38.8 Å². The lowest BCUT2D eigenvalue weighted by atomic mass is 10.00. The lowest BCUT2D eigenvalue weighted by molar-refractivity contribution is 0.413. The van der Waals surface area contributed by atoms with Gasteiger partial charge in [-0.3, -0.25) is 0 Å². The molecule has 0 unspecified atom stereocenters. The fourth-order valence-electron chi connectivity index (χ4n) is 3.07. The Labute approximate surface area is 115 Å². The van der Waals surface area contributed by atoms with E-state index in [1.807, 2.05) is 6.07 Å². The summed E-state index contributed by atoms with van der Waals surface area (Å²) in [6.07, 6.45) is 2.72. The third-order valence-electron chi connectivity index (χ3n) is 4.60. The highest BCUT2D eigenvalue weighted by Gasteiger charge is 2.48. The lowest BCUT2D eigenvalue weighted by Gasteiger charge is -2.40. The van der Waals surface area contributed by atoms with Crippen LogP contribution in [0.1, 0.15) is 26.7 Å². The number of anilines is 1. The number of rotatable bonds is 2. The Morgan fingerprint density at radius 3 is 2.68 bits per heavy atom. The molecule has 2 aliphatic rings. The average molecular weight is 260 g/mol. The quantitative estimate of drug-likeness (QED) is 0.885. The van der Waals surface area contributed by atoms with Crippen LogP contribution in [-0.4, -0.2) is 32.3 Å². The van der Waals surface area contributed by atoms with Crippen molar-refractivity contribution in [3.8, 4) is 5.75 Å². The molecule has 1 saturated carbocycles. The van der Waals surface area contributed by atoms with Crippen molar-refractivity contribution in [1.82, 2.24) is 5.32 Å². The van der Waals surface area contributed by atoms with E-state index >= 15 is 0 Å². The minimum atomic E-state index is 0.137. The van der Waals surface area contributed by atoms with E-state index in [0.717, 1.165) is 25.4 Å². The molecule has 3 heteroatoms. The smallest absolute Gasteiger partial charge is 0.120 e. The van der Waals surface area contributed by atoms with Gasteiger partial charge >= 0.3 is 0 Å². The molecular formula is C16H24N2O. The van der Waals surface area contributed by atoms with Crippen LogP contribution >= 0.6 is 0 Å². The van der Waals surface area contributed by atoms with E-state index in [1.54, 1.807) is 7.11 Å². The van der Waals surface area contributed by atoms with Crippen LogP contribution in [0.25, 0.3) is 0 Å². The second-order valence-corrected chi connectivity index (χ2v) is 6.70. The van der Waals surface area contributed by atoms with Gasteiger partial charge in [0, 0.05) is 42.3 Å². The number of hydrogen-bond acceptors (Lipinski definition) is 3. The van der Waals surface area contributed by atoms with Gasteiger partial charge < -0.3 is 15.0 Å². The van der Waals surface area contributed by atoms with Crippen LogP contribution < -0.4 is 15.0 Å². The van der Waals surface area contributed by atoms with Crippen LogP contribution in [-0.2, 0) is 0 Å². The predicted molar refractivity (Wildman–Crippen MR) is 79.0 cm³/mol. The molecule has 1 spiro atoms. The van der Waals surface area contributed by atoms with Gasteiger partial charge in [0.1, 0.15) is 5.75 Å². The zero-order chi connectivity index (χ0) is 13.5. The number of hydrogen-bond donors (Lipinski definition) is 1. The molecule has 1 saturated heterocycles. The first kappa shape index (κ1) is 12.8. The Balaban J connectivity index is 1.93. The molecule has 1 N–H and O–H groups in total. The van der Waals surface area contributed by atoms with Crippen LogP contribution in [0, 0.1) is 5.41 Å². The molecule has 104 valence electrons. The molecule has 0 amide bonds. The highest BCUT2D eigenvalue weighted by atomic mass is 16.5. The Kier molecular flexibility index (Phi) is 2.97. The summed E-state index contributed by atoms with van der Waals surface area (Å²) in [5.74, 6) is 0.940. The summed E-state index contributed by atoms with van der Waals surface area (Å²) >= 11 is 0. The minimum Gasteiger partial charge on any atom is -0.497 e. The lowest BCUT2D eigenvalue weighted by Crippen LogP contribution is -2.49. The number of ether oxygens (including phenoxy) is 1. The van der Waals surface area contributed by atoms with E-state index in [2.05, 4.69) is 42.3 Å². The number of methoxy groups -OCH3 is 1. The van der Waals surface area contributed by atoms with Crippen molar-refractivity contribution in [2.45, 2.75) is 32.2 Å². The number of nitrogens with one attached hydrogen (secondary N) is 1. The molecule has 1 aliphatic heterocycles. The summed E-state index contributed by atoms with van der Waals surface area (Å²) < 4.78 is 5.37. The molecule has 19 heavy (non-hydrogen) atoms. The first-order valence-corrected chi connectivity index (χ1v) is 7.17. The van der Waals surface area contributed by atoms with E-state index in [0.29, 0.717) is 5.41 Å². The molecule has 0 bridgehead atoms. The second kappa shape index (κ2) is 4.41. The molecular weight excluding hydrogens is 236 g/mol. The molecule has 3 nitrogen and oxygen atoms in total. The van der Waals surface area contributed by atoms with Crippen molar-refractivity contribution in [2.75, 3.05) is 31.6 Å². The van der Waals surface area contributed by atoms with Crippen molar-refractivity contribution in [2.24, 2.45) is 5.41 Å². The van der Waals surface area contributed by atoms with E-state index < -0.39 is 0 Å². The van der Waals surface area contributed by atoms with Gasteiger partial charge in [0.05, 0.1) is 7.11 Å². The Morgan fingerprint density at radius 1 is 1.21 bits per heavy atom. The normalized spacial score (nSPS) is 24.1. The topological polar surface area (TPSA) is 24.5 Å². The summed E-state index contributed by atoms with van der Waals surface area (Å²) in [4.78, 5) is 2.56. The average Bonchev–Trinajstić information content (AvgIpc) is 3.17. The molecule has 1 aromatic rings. The fraction of sp³-hybridized carbons (Fsp3) is 0.625. The van der Waals surface area contributed by atoms with Crippen molar-refractivity contribution < 1.29 is 4.74 Å². The summed E-state index contributed by atoms with van der Waals surface area (Å²) in [6, 6.07) is 8.45. The van der Waals surface area contributed by atoms with Gasteiger partial charge in [-0.15, -0.1) is 0 Å². The summed E-state index contributed by atoms with van der Waals surface area (Å²) in [5, 5.41) is 3.65.